The fourth-order valence-corrected chi connectivity index (χ4v) is 1.87. The summed E-state index contributed by atoms with van der Waals surface area (Å²) in [5.41, 5.74) is 0.683. The lowest BCUT2D eigenvalue weighted by molar-refractivity contribution is 1.22. The van der Waals surface area contributed by atoms with E-state index in [2.05, 4.69) is 5.32 Å². The minimum Gasteiger partial charge on any atom is -0.360 e. The summed E-state index contributed by atoms with van der Waals surface area (Å²) in [4.78, 5) is 0. The molecule has 0 heterocycles. The lowest BCUT2D eigenvalue weighted by Crippen LogP contribution is -1.89. The normalized spacial score (nSPS) is 10.9. The third kappa shape index (κ3) is 3.09. The van der Waals surface area contributed by atoms with Gasteiger partial charge in [-0.1, -0.05) is 47.8 Å². The molecule has 76 valence electrons. The lowest BCUT2D eigenvalue weighted by atomic mass is 10.3. The van der Waals surface area contributed by atoms with Crippen LogP contribution in [0.25, 0.3) is 0 Å². The van der Waals surface area contributed by atoms with E-state index in [4.69, 9.17) is 34.8 Å². The molecule has 1 aromatic carbocycles. The van der Waals surface area contributed by atoms with Crippen LogP contribution in [-0.4, -0.2) is 0 Å². The summed E-state index contributed by atoms with van der Waals surface area (Å²) in [6.07, 6.45) is 4.73. The van der Waals surface area contributed by atoms with Gasteiger partial charge in [-0.15, -0.1) is 0 Å². The van der Waals surface area contributed by atoms with Gasteiger partial charge in [-0.05, 0) is 24.8 Å². The van der Waals surface area contributed by atoms with Gasteiger partial charge in [0.05, 0.1) is 15.7 Å². The summed E-state index contributed by atoms with van der Waals surface area (Å²) >= 11 is 17.7. The van der Waals surface area contributed by atoms with E-state index in [0.29, 0.717) is 20.8 Å². The highest BCUT2D eigenvalue weighted by Gasteiger charge is 2.05. The number of rotatable bonds is 3. The average Bonchev–Trinajstić information content (AvgIpc) is 2.09. The molecule has 0 unspecified atom stereocenters. The molecule has 1 aromatic rings. The molecular formula is C10H10Cl3N. The third-order valence-corrected chi connectivity index (χ3v) is 2.40. The van der Waals surface area contributed by atoms with Crippen molar-refractivity contribution in [2.45, 2.75) is 13.3 Å². The maximum atomic E-state index is 5.95. The molecule has 0 bridgehead atoms. The van der Waals surface area contributed by atoms with Crippen LogP contribution in [0.2, 0.25) is 15.1 Å². The van der Waals surface area contributed by atoms with Crippen molar-refractivity contribution in [3.05, 3.63) is 39.5 Å². The quantitative estimate of drug-likeness (QED) is 0.797. The summed E-state index contributed by atoms with van der Waals surface area (Å²) in [6, 6.07) is 3.30. The van der Waals surface area contributed by atoms with E-state index in [1.807, 2.05) is 13.0 Å². The Hall–Kier alpha value is -0.370. The summed E-state index contributed by atoms with van der Waals surface area (Å²) in [6.45, 7) is 2.04. The van der Waals surface area contributed by atoms with Gasteiger partial charge in [-0.25, -0.2) is 0 Å². The predicted octanol–water partition coefficient (Wildman–Crippen LogP) is 4.98. The van der Waals surface area contributed by atoms with Crippen molar-refractivity contribution in [3.63, 3.8) is 0 Å². The monoisotopic (exact) mass is 249 g/mol. The predicted molar refractivity (Wildman–Crippen MR) is 64.5 cm³/mol. The van der Waals surface area contributed by atoms with Crippen LogP contribution in [0.3, 0.4) is 0 Å². The summed E-state index contributed by atoms with van der Waals surface area (Å²) in [7, 11) is 0. The molecule has 0 amide bonds. The Balaban J connectivity index is 2.91. The Morgan fingerprint density at radius 1 is 1.21 bits per heavy atom. The second-order valence-corrected chi connectivity index (χ2v) is 3.95. The highest BCUT2D eigenvalue weighted by Crippen LogP contribution is 2.33. The van der Waals surface area contributed by atoms with E-state index < -0.39 is 0 Å². The van der Waals surface area contributed by atoms with Crippen LogP contribution in [-0.2, 0) is 0 Å². The molecule has 0 radical (unpaired) electrons. The Morgan fingerprint density at radius 3 is 2.29 bits per heavy atom. The van der Waals surface area contributed by atoms with E-state index in [1.165, 1.54) is 0 Å². The Bertz CT molecular complexity index is 324. The molecule has 1 rings (SSSR count). The molecule has 1 nitrogen and oxygen atoms in total. The van der Waals surface area contributed by atoms with Gasteiger partial charge in [0.1, 0.15) is 0 Å². The molecule has 0 aliphatic heterocycles. The third-order valence-electron chi connectivity index (χ3n) is 1.59. The molecule has 0 aromatic heterocycles. The zero-order valence-electron chi connectivity index (χ0n) is 7.65. The van der Waals surface area contributed by atoms with Crippen LogP contribution < -0.4 is 5.32 Å². The Morgan fingerprint density at radius 2 is 1.79 bits per heavy atom. The van der Waals surface area contributed by atoms with Crippen molar-refractivity contribution in [1.82, 2.24) is 0 Å². The average molecular weight is 251 g/mol. The Kier molecular flexibility index (Phi) is 4.59. The van der Waals surface area contributed by atoms with Gasteiger partial charge in [0.15, 0.2) is 0 Å². The van der Waals surface area contributed by atoms with Crippen LogP contribution in [0, 0.1) is 0 Å². The van der Waals surface area contributed by atoms with Crippen molar-refractivity contribution >= 4 is 40.5 Å². The second kappa shape index (κ2) is 5.50. The van der Waals surface area contributed by atoms with Crippen molar-refractivity contribution in [1.29, 1.82) is 0 Å². The molecule has 4 heteroatoms. The molecular weight excluding hydrogens is 240 g/mol. The SMILES string of the molecule is CC/C=C/Nc1c(Cl)cc(Cl)cc1Cl. The molecule has 0 spiro atoms. The molecule has 0 atom stereocenters. The van der Waals surface area contributed by atoms with Crippen molar-refractivity contribution in [2.24, 2.45) is 0 Å². The summed E-state index contributed by atoms with van der Waals surface area (Å²) in [5, 5.41) is 4.57. The zero-order chi connectivity index (χ0) is 10.6. The zero-order valence-corrected chi connectivity index (χ0v) is 9.92. The molecule has 0 aliphatic carbocycles. The van der Waals surface area contributed by atoms with Gasteiger partial charge in [0, 0.05) is 5.02 Å². The standard InChI is InChI=1S/C10H10Cl3N/c1-2-3-4-14-10-8(12)5-7(11)6-9(10)13/h3-6,14H,2H2,1H3/b4-3+. The maximum absolute atomic E-state index is 5.95. The van der Waals surface area contributed by atoms with Gasteiger partial charge in [-0.3, -0.25) is 0 Å². The minimum absolute atomic E-state index is 0.517. The van der Waals surface area contributed by atoms with Crippen molar-refractivity contribution in [3.8, 4) is 0 Å². The van der Waals surface area contributed by atoms with E-state index in [9.17, 15) is 0 Å². The molecule has 0 fully saturated rings. The van der Waals surface area contributed by atoms with Gasteiger partial charge in [0.25, 0.3) is 0 Å². The van der Waals surface area contributed by atoms with Crippen LogP contribution in [0.1, 0.15) is 13.3 Å². The van der Waals surface area contributed by atoms with Crippen LogP contribution in [0.4, 0.5) is 5.69 Å². The first-order valence-electron chi connectivity index (χ1n) is 4.21. The first-order chi connectivity index (χ1) is 6.65. The minimum atomic E-state index is 0.517. The fraction of sp³-hybridized carbons (Fsp3) is 0.200. The van der Waals surface area contributed by atoms with E-state index in [0.717, 1.165) is 6.42 Å². The highest BCUT2D eigenvalue weighted by molar-refractivity contribution is 6.41. The van der Waals surface area contributed by atoms with E-state index >= 15 is 0 Å². The number of anilines is 1. The number of benzene rings is 1. The first-order valence-corrected chi connectivity index (χ1v) is 5.34. The van der Waals surface area contributed by atoms with E-state index in [-0.39, 0.29) is 0 Å². The summed E-state index contributed by atoms with van der Waals surface area (Å²) in [5.74, 6) is 0. The highest BCUT2D eigenvalue weighted by atomic mass is 35.5. The molecule has 0 saturated heterocycles. The van der Waals surface area contributed by atoms with Crippen molar-refractivity contribution in [2.75, 3.05) is 5.32 Å². The van der Waals surface area contributed by atoms with Gasteiger partial charge >= 0.3 is 0 Å². The molecule has 1 N–H and O–H groups in total. The van der Waals surface area contributed by atoms with Gasteiger partial charge in [0.2, 0.25) is 0 Å². The number of hydrogen-bond donors (Lipinski definition) is 1. The maximum Gasteiger partial charge on any atom is 0.0759 e. The number of allylic oxidation sites excluding steroid dienone is 1. The van der Waals surface area contributed by atoms with Crippen LogP contribution >= 0.6 is 34.8 Å². The largest absolute Gasteiger partial charge is 0.360 e. The topological polar surface area (TPSA) is 12.0 Å². The number of hydrogen-bond acceptors (Lipinski definition) is 1. The molecule has 0 aliphatic rings. The molecule has 14 heavy (non-hydrogen) atoms. The Labute approximate surface area is 98.7 Å². The number of halogens is 3. The van der Waals surface area contributed by atoms with Gasteiger partial charge < -0.3 is 5.32 Å². The molecule has 0 saturated carbocycles. The smallest absolute Gasteiger partial charge is 0.0759 e. The van der Waals surface area contributed by atoms with Crippen LogP contribution in [0.5, 0.6) is 0 Å². The van der Waals surface area contributed by atoms with Gasteiger partial charge in [-0.2, -0.15) is 0 Å². The summed E-state index contributed by atoms with van der Waals surface area (Å²) < 4.78 is 0. The lowest BCUT2D eigenvalue weighted by Gasteiger charge is -2.06. The fourth-order valence-electron chi connectivity index (χ4n) is 0.940. The van der Waals surface area contributed by atoms with E-state index in [1.54, 1.807) is 18.3 Å². The van der Waals surface area contributed by atoms with Crippen molar-refractivity contribution < 1.29 is 0 Å². The second-order valence-electron chi connectivity index (χ2n) is 2.70. The first kappa shape index (κ1) is 11.7. The van der Waals surface area contributed by atoms with Crippen LogP contribution in [0.15, 0.2) is 24.4 Å². The number of nitrogens with one attached hydrogen (secondary N) is 1.